The molecule has 6 nitrogen and oxygen atoms in total. The predicted octanol–water partition coefficient (Wildman–Crippen LogP) is 1.03. The SMILES string of the molecule is N#Cc1cccc(NC(=O)OCCc2ccc(B(O)O)cc2)c1. The lowest BCUT2D eigenvalue weighted by molar-refractivity contribution is 0.163. The highest BCUT2D eigenvalue weighted by Gasteiger charge is 2.10. The summed E-state index contributed by atoms with van der Waals surface area (Å²) in [5.41, 5.74) is 2.27. The van der Waals surface area contributed by atoms with Crippen molar-refractivity contribution in [2.75, 3.05) is 11.9 Å². The zero-order valence-corrected chi connectivity index (χ0v) is 12.3. The van der Waals surface area contributed by atoms with Gasteiger partial charge in [-0.15, -0.1) is 0 Å². The Morgan fingerprint density at radius 3 is 2.61 bits per heavy atom. The molecular weight excluding hydrogens is 295 g/mol. The van der Waals surface area contributed by atoms with Gasteiger partial charge in [-0.05, 0) is 29.2 Å². The molecule has 0 aliphatic carbocycles. The predicted molar refractivity (Wildman–Crippen MR) is 86.1 cm³/mol. The Hall–Kier alpha value is -2.82. The minimum Gasteiger partial charge on any atom is -0.449 e. The van der Waals surface area contributed by atoms with E-state index in [4.69, 9.17) is 20.0 Å². The molecule has 0 radical (unpaired) electrons. The molecule has 7 heteroatoms. The van der Waals surface area contributed by atoms with Crippen LogP contribution in [0.5, 0.6) is 0 Å². The normalized spacial score (nSPS) is 9.78. The Labute approximate surface area is 134 Å². The topological polar surface area (TPSA) is 103 Å². The quantitative estimate of drug-likeness (QED) is 0.716. The zero-order valence-electron chi connectivity index (χ0n) is 12.3. The van der Waals surface area contributed by atoms with Gasteiger partial charge >= 0.3 is 13.2 Å². The summed E-state index contributed by atoms with van der Waals surface area (Å²) >= 11 is 0. The van der Waals surface area contributed by atoms with Gasteiger partial charge < -0.3 is 14.8 Å². The first-order chi connectivity index (χ1) is 11.1. The molecule has 2 aromatic rings. The van der Waals surface area contributed by atoms with E-state index in [1.807, 2.05) is 6.07 Å². The second kappa shape index (κ2) is 7.99. The van der Waals surface area contributed by atoms with Crippen molar-refractivity contribution < 1.29 is 19.6 Å². The van der Waals surface area contributed by atoms with Crippen LogP contribution in [0.25, 0.3) is 0 Å². The number of nitrogens with zero attached hydrogens (tertiary/aromatic N) is 1. The van der Waals surface area contributed by atoms with Crippen LogP contribution in [0, 0.1) is 11.3 Å². The van der Waals surface area contributed by atoms with Crippen LogP contribution in [0.3, 0.4) is 0 Å². The number of ether oxygens (including phenoxy) is 1. The molecule has 0 fully saturated rings. The maximum Gasteiger partial charge on any atom is 0.488 e. The molecule has 0 spiro atoms. The van der Waals surface area contributed by atoms with Crippen molar-refractivity contribution in [2.24, 2.45) is 0 Å². The van der Waals surface area contributed by atoms with E-state index in [0.717, 1.165) is 5.56 Å². The number of nitriles is 1. The van der Waals surface area contributed by atoms with E-state index in [1.165, 1.54) is 0 Å². The van der Waals surface area contributed by atoms with E-state index in [2.05, 4.69) is 5.32 Å². The van der Waals surface area contributed by atoms with Gasteiger partial charge in [0.15, 0.2) is 0 Å². The molecule has 0 aliphatic rings. The number of amides is 1. The van der Waals surface area contributed by atoms with Gasteiger partial charge in [-0.2, -0.15) is 5.26 Å². The van der Waals surface area contributed by atoms with E-state index in [1.54, 1.807) is 48.5 Å². The van der Waals surface area contributed by atoms with Gasteiger partial charge in [0.25, 0.3) is 0 Å². The summed E-state index contributed by atoms with van der Waals surface area (Å²) in [5, 5.41) is 29.3. The molecule has 0 aliphatic heterocycles. The number of anilines is 1. The number of carbonyl (C=O) groups excluding carboxylic acids is 1. The van der Waals surface area contributed by atoms with Crippen LogP contribution in [0.15, 0.2) is 48.5 Å². The van der Waals surface area contributed by atoms with Crippen LogP contribution < -0.4 is 10.8 Å². The second-order valence-corrected chi connectivity index (χ2v) is 4.82. The fourth-order valence-electron chi connectivity index (χ4n) is 1.94. The molecule has 0 unspecified atom stereocenters. The lowest BCUT2D eigenvalue weighted by atomic mass is 9.80. The van der Waals surface area contributed by atoms with Crippen LogP contribution in [0.1, 0.15) is 11.1 Å². The van der Waals surface area contributed by atoms with Crippen molar-refractivity contribution in [3.8, 4) is 6.07 Å². The lowest BCUT2D eigenvalue weighted by Crippen LogP contribution is -2.29. The molecule has 0 heterocycles. The number of hydrogen-bond acceptors (Lipinski definition) is 5. The minimum absolute atomic E-state index is 0.185. The highest BCUT2D eigenvalue weighted by atomic mass is 16.5. The number of hydrogen-bond donors (Lipinski definition) is 3. The number of rotatable bonds is 5. The Kier molecular flexibility index (Phi) is 5.75. The third kappa shape index (κ3) is 5.14. The number of carbonyl (C=O) groups is 1. The van der Waals surface area contributed by atoms with E-state index < -0.39 is 13.2 Å². The maximum atomic E-state index is 11.7. The van der Waals surface area contributed by atoms with E-state index in [9.17, 15) is 4.79 Å². The monoisotopic (exact) mass is 310 g/mol. The van der Waals surface area contributed by atoms with E-state index in [0.29, 0.717) is 23.1 Å². The molecule has 23 heavy (non-hydrogen) atoms. The van der Waals surface area contributed by atoms with Gasteiger partial charge in [-0.3, -0.25) is 5.32 Å². The van der Waals surface area contributed by atoms with E-state index >= 15 is 0 Å². The van der Waals surface area contributed by atoms with Crippen molar-refractivity contribution in [1.29, 1.82) is 5.26 Å². The molecule has 0 saturated heterocycles. The van der Waals surface area contributed by atoms with E-state index in [-0.39, 0.29) is 6.61 Å². The number of benzene rings is 2. The standard InChI is InChI=1S/C16H15BN2O4/c18-11-13-2-1-3-15(10-13)19-16(20)23-9-8-12-4-6-14(7-5-12)17(21)22/h1-7,10,21-22H,8-9H2,(H,19,20). The summed E-state index contributed by atoms with van der Waals surface area (Å²) in [7, 11) is -1.49. The van der Waals surface area contributed by atoms with Crippen LogP contribution in [-0.4, -0.2) is 29.9 Å². The van der Waals surface area contributed by atoms with Gasteiger partial charge in [0.1, 0.15) is 0 Å². The molecule has 0 saturated carbocycles. The second-order valence-electron chi connectivity index (χ2n) is 4.82. The highest BCUT2D eigenvalue weighted by Crippen LogP contribution is 2.10. The molecule has 2 rings (SSSR count). The number of nitrogens with one attached hydrogen (secondary N) is 1. The Bertz CT molecular complexity index is 711. The highest BCUT2D eigenvalue weighted by molar-refractivity contribution is 6.58. The van der Waals surface area contributed by atoms with Gasteiger partial charge in [-0.1, -0.05) is 30.3 Å². The van der Waals surface area contributed by atoms with Crippen LogP contribution >= 0.6 is 0 Å². The summed E-state index contributed by atoms with van der Waals surface area (Å²) in [6, 6.07) is 15.2. The Morgan fingerprint density at radius 2 is 1.96 bits per heavy atom. The fraction of sp³-hybridized carbons (Fsp3) is 0.125. The Balaban J connectivity index is 1.79. The third-order valence-electron chi connectivity index (χ3n) is 3.14. The lowest BCUT2D eigenvalue weighted by Gasteiger charge is -2.08. The van der Waals surface area contributed by atoms with Gasteiger partial charge in [0.05, 0.1) is 18.2 Å². The average molecular weight is 310 g/mol. The summed E-state index contributed by atoms with van der Waals surface area (Å²) in [4.78, 5) is 11.7. The molecule has 1 amide bonds. The molecule has 3 N–H and O–H groups in total. The van der Waals surface area contributed by atoms with Crippen LogP contribution in [-0.2, 0) is 11.2 Å². The van der Waals surface area contributed by atoms with Crippen LogP contribution in [0.2, 0.25) is 0 Å². The molecule has 2 aromatic carbocycles. The van der Waals surface area contributed by atoms with Crippen molar-refractivity contribution in [2.45, 2.75) is 6.42 Å². The van der Waals surface area contributed by atoms with Crippen LogP contribution in [0.4, 0.5) is 10.5 Å². The van der Waals surface area contributed by atoms with Crippen molar-refractivity contribution in [3.05, 3.63) is 59.7 Å². The van der Waals surface area contributed by atoms with Gasteiger partial charge in [0.2, 0.25) is 0 Å². The summed E-state index contributed by atoms with van der Waals surface area (Å²) in [6.45, 7) is 0.185. The molecule has 0 atom stereocenters. The largest absolute Gasteiger partial charge is 0.488 e. The van der Waals surface area contributed by atoms with Gasteiger partial charge in [0, 0.05) is 12.1 Å². The molecule has 0 bridgehead atoms. The minimum atomic E-state index is -1.49. The smallest absolute Gasteiger partial charge is 0.449 e. The Morgan fingerprint density at radius 1 is 1.22 bits per heavy atom. The van der Waals surface area contributed by atoms with Gasteiger partial charge in [-0.25, -0.2) is 4.79 Å². The first-order valence-corrected chi connectivity index (χ1v) is 6.97. The fourth-order valence-corrected chi connectivity index (χ4v) is 1.94. The molecule has 116 valence electrons. The third-order valence-corrected chi connectivity index (χ3v) is 3.14. The van der Waals surface area contributed by atoms with Crippen molar-refractivity contribution >= 4 is 24.4 Å². The molecular formula is C16H15BN2O4. The maximum absolute atomic E-state index is 11.7. The van der Waals surface area contributed by atoms with Crippen molar-refractivity contribution in [3.63, 3.8) is 0 Å². The summed E-state index contributed by atoms with van der Waals surface area (Å²) < 4.78 is 5.07. The zero-order chi connectivity index (χ0) is 16.7. The summed E-state index contributed by atoms with van der Waals surface area (Å²) in [6.07, 6.45) is -0.0875. The van der Waals surface area contributed by atoms with Crippen molar-refractivity contribution in [1.82, 2.24) is 0 Å². The first-order valence-electron chi connectivity index (χ1n) is 6.97. The summed E-state index contributed by atoms with van der Waals surface area (Å²) in [5.74, 6) is 0. The average Bonchev–Trinajstić information content (AvgIpc) is 2.55. The molecule has 0 aromatic heterocycles. The first kappa shape index (κ1) is 16.6.